The number of carbonyl (C=O) groups excluding carboxylic acids is 1. The Morgan fingerprint density at radius 2 is 2.09 bits per heavy atom. The number of piperidine rings is 2. The molecule has 4 heteroatoms. The molecule has 126 valence electrons. The molecule has 2 aliphatic heterocycles. The molecule has 2 heterocycles. The number of para-hydroxylation sites is 1. The summed E-state index contributed by atoms with van der Waals surface area (Å²) >= 11 is 0. The molecule has 4 nitrogen and oxygen atoms in total. The molecular formula is C19H28N2O2. The Kier molecular flexibility index (Phi) is 5.21. The van der Waals surface area contributed by atoms with Crippen LogP contribution in [-0.4, -0.2) is 46.5 Å². The Labute approximate surface area is 139 Å². The fraction of sp³-hybridized carbons (Fsp3) is 0.632. The first kappa shape index (κ1) is 16.3. The molecule has 0 aromatic heterocycles. The van der Waals surface area contributed by atoms with E-state index in [4.69, 9.17) is 0 Å². The molecule has 1 N–H and O–H groups in total. The van der Waals surface area contributed by atoms with Crippen LogP contribution in [0.5, 0.6) is 5.75 Å². The third-order valence-electron chi connectivity index (χ3n) is 5.37. The molecule has 2 atom stereocenters. The van der Waals surface area contributed by atoms with Crippen LogP contribution in [-0.2, 0) is 11.3 Å². The van der Waals surface area contributed by atoms with Gasteiger partial charge in [0.25, 0.3) is 0 Å². The predicted octanol–water partition coefficient (Wildman–Crippen LogP) is 3.01. The topological polar surface area (TPSA) is 43.8 Å². The Hall–Kier alpha value is -1.55. The molecule has 0 spiro atoms. The van der Waals surface area contributed by atoms with E-state index in [1.807, 2.05) is 18.2 Å². The van der Waals surface area contributed by atoms with E-state index in [0.29, 0.717) is 30.0 Å². The van der Waals surface area contributed by atoms with Gasteiger partial charge in [0.1, 0.15) is 5.75 Å². The van der Waals surface area contributed by atoms with Crippen molar-refractivity contribution in [3.63, 3.8) is 0 Å². The molecule has 1 aromatic rings. The molecule has 0 aliphatic carbocycles. The number of benzene rings is 1. The average molecular weight is 316 g/mol. The number of fused-ring (bicyclic) bond motifs is 1. The maximum Gasteiger partial charge on any atom is 0.222 e. The molecule has 0 bridgehead atoms. The molecule has 3 rings (SSSR count). The lowest BCUT2D eigenvalue weighted by molar-refractivity contribution is -0.141. The second-order valence-electron chi connectivity index (χ2n) is 6.96. The van der Waals surface area contributed by atoms with Crippen LogP contribution in [0.2, 0.25) is 0 Å². The van der Waals surface area contributed by atoms with Gasteiger partial charge in [0, 0.05) is 44.2 Å². The second kappa shape index (κ2) is 7.35. The molecule has 0 unspecified atom stereocenters. The molecule has 0 saturated carbocycles. The van der Waals surface area contributed by atoms with Gasteiger partial charge in [0.15, 0.2) is 0 Å². The summed E-state index contributed by atoms with van der Waals surface area (Å²) in [5, 5.41) is 9.97. The van der Waals surface area contributed by atoms with Crippen molar-refractivity contribution in [3.8, 4) is 5.75 Å². The van der Waals surface area contributed by atoms with Crippen LogP contribution >= 0.6 is 0 Å². The number of aromatic hydroxyl groups is 1. The minimum Gasteiger partial charge on any atom is -0.508 e. The fourth-order valence-corrected chi connectivity index (χ4v) is 4.07. The number of amides is 1. The number of hydrogen-bond acceptors (Lipinski definition) is 3. The highest BCUT2D eigenvalue weighted by Crippen LogP contribution is 2.32. The van der Waals surface area contributed by atoms with E-state index in [1.165, 1.54) is 0 Å². The normalized spacial score (nSPS) is 25.4. The molecular weight excluding hydrogens is 288 g/mol. The van der Waals surface area contributed by atoms with Crippen LogP contribution < -0.4 is 0 Å². The second-order valence-corrected chi connectivity index (χ2v) is 6.96. The number of rotatable bonds is 5. The highest BCUT2D eigenvalue weighted by Gasteiger charge is 2.38. The van der Waals surface area contributed by atoms with Gasteiger partial charge in [0.2, 0.25) is 5.91 Å². The summed E-state index contributed by atoms with van der Waals surface area (Å²) in [5.74, 6) is 1.33. The number of likely N-dealkylation sites (tertiary alicyclic amines) is 2. The fourth-order valence-electron chi connectivity index (χ4n) is 4.07. The van der Waals surface area contributed by atoms with Crippen LogP contribution in [0.15, 0.2) is 24.3 Å². The monoisotopic (exact) mass is 316 g/mol. The van der Waals surface area contributed by atoms with Crippen LogP contribution in [0.3, 0.4) is 0 Å². The molecule has 2 saturated heterocycles. The van der Waals surface area contributed by atoms with E-state index >= 15 is 0 Å². The standard InChI is InChI=1S/C19H28N2O2/c1-2-3-11-21-17-10-12-20(13-15(17)8-9-19(21)23)14-16-6-4-5-7-18(16)22/h4-7,15,17,22H,2-3,8-14H2,1H3/t15-,17+/m1/s1. The molecule has 1 aromatic carbocycles. The summed E-state index contributed by atoms with van der Waals surface area (Å²) in [4.78, 5) is 16.8. The van der Waals surface area contributed by atoms with Gasteiger partial charge in [-0.05, 0) is 31.2 Å². The van der Waals surface area contributed by atoms with Crippen LogP contribution in [0.4, 0.5) is 0 Å². The number of phenolic OH excluding ortho intramolecular Hbond substituents is 1. The van der Waals surface area contributed by atoms with E-state index in [9.17, 15) is 9.90 Å². The first-order valence-corrected chi connectivity index (χ1v) is 8.97. The first-order chi connectivity index (χ1) is 11.2. The minimum absolute atomic E-state index is 0.355. The summed E-state index contributed by atoms with van der Waals surface area (Å²) < 4.78 is 0. The highest BCUT2D eigenvalue weighted by molar-refractivity contribution is 5.77. The minimum atomic E-state index is 0.355. The van der Waals surface area contributed by atoms with Gasteiger partial charge in [-0.2, -0.15) is 0 Å². The molecule has 23 heavy (non-hydrogen) atoms. The summed E-state index contributed by atoms with van der Waals surface area (Å²) in [6.45, 7) is 5.95. The van der Waals surface area contributed by atoms with Crippen LogP contribution in [0.25, 0.3) is 0 Å². The lowest BCUT2D eigenvalue weighted by Crippen LogP contribution is -2.55. The lowest BCUT2D eigenvalue weighted by atomic mass is 9.83. The zero-order valence-corrected chi connectivity index (χ0v) is 14.1. The van der Waals surface area contributed by atoms with Crippen molar-refractivity contribution >= 4 is 5.91 Å². The third-order valence-corrected chi connectivity index (χ3v) is 5.37. The maximum absolute atomic E-state index is 12.3. The van der Waals surface area contributed by atoms with Crippen molar-refractivity contribution in [2.24, 2.45) is 5.92 Å². The smallest absolute Gasteiger partial charge is 0.222 e. The number of phenols is 1. The van der Waals surface area contributed by atoms with Crippen molar-refractivity contribution in [2.75, 3.05) is 19.6 Å². The van der Waals surface area contributed by atoms with Gasteiger partial charge in [-0.3, -0.25) is 9.69 Å². The molecule has 2 aliphatic rings. The summed E-state index contributed by atoms with van der Waals surface area (Å²) in [7, 11) is 0. The summed E-state index contributed by atoms with van der Waals surface area (Å²) in [6, 6.07) is 8.04. The largest absolute Gasteiger partial charge is 0.508 e. The van der Waals surface area contributed by atoms with E-state index < -0.39 is 0 Å². The van der Waals surface area contributed by atoms with Gasteiger partial charge >= 0.3 is 0 Å². The third kappa shape index (κ3) is 3.69. The van der Waals surface area contributed by atoms with Crippen molar-refractivity contribution < 1.29 is 9.90 Å². The molecule has 2 fully saturated rings. The maximum atomic E-state index is 12.3. The summed E-state index contributed by atoms with van der Waals surface area (Å²) in [5.41, 5.74) is 1.00. The van der Waals surface area contributed by atoms with E-state index in [1.54, 1.807) is 6.07 Å². The van der Waals surface area contributed by atoms with Gasteiger partial charge < -0.3 is 10.0 Å². The number of carbonyl (C=O) groups is 1. The quantitative estimate of drug-likeness (QED) is 0.908. The number of unbranched alkanes of at least 4 members (excludes halogenated alkanes) is 1. The highest BCUT2D eigenvalue weighted by atomic mass is 16.3. The predicted molar refractivity (Wildman–Crippen MR) is 91.1 cm³/mol. The van der Waals surface area contributed by atoms with Crippen molar-refractivity contribution in [1.82, 2.24) is 9.80 Å². The Morgan fingerprint density at radius 3 is 2.87 bits per heavy atom. The van der Waals surface area contributed by atoms with Crippen molar-refractivity contribution in [1.29, 1.82) is 0 Å². The summed E-state index contributed by atoms with van der Waals surface area (Å²) in [6.07, 6.45) is 5.03. The van der Waals surface area contributed by atoms with E-state index in [0.717, 1.165) is 57.4 Å². The Balaban J connectivity index is 1.62. The Bertz CT molecular complexity index is 546. The first-order valence-electron chi connectivity index (χ1n) is 8.97. The zero-order chi connectivity index (χ0) is 16.2. The van der Waals surface area contributed by atoms with Gasteiger partial charge in [-0.25, -0.2) is 0 Å². The van der Waals surface area contributed by atoms with Crippen molar-refractivity contribution in [2.45, 2.75) is 51.6 Å². The molecule has 0 radical (unpaired) electrons. The van der Waals surface area contributed by atoms with E-state index in [-0.39, 0.29) is 0 Å². The molecule has 1 amide bonds. The van der Waals surface area contributed by atoms with Gasteiger partial charge in [-0.1, -0.05) is 31.5 Å². The van der Waals surface area contributed by atoms with Gasteiger partial charge in [-0.15, -0.1) is 0 Å². The number of hydrogen-bond donors (Lipinski definition) is 1. The average Bonchev–Trinajstić information content (AvgIpc) is 2.56. The van der Waals surface area contributed by atoms with Gasteiger partial charge in [0.05, 0.1) is 0 Å². The SMILES string of the molecule is CCCCN1C(=O)CC[C@@H]2CN(Cc3ccccc3O)CC[C@@H]21. The Morgan fingerprint density at radius 1 is 1.26 bits per heavy atom. The van der Waals surface area contributed by atoms with Crippen LogP contribution in [0.1, 0.15) is 44.6 Å². The lowest BCUT2D eigenvalue weighted by Gasteiger charge is -2.47. The van der Waals surface area contributed by atoms with Crippen molar-refractivity contribution in [3.05, 3.63) is 29.8 Å². The number of nitrogens with zero attached hydrogens (tertiary/aromatic N) is 2. The van der Waals surface area contributed by atoms with Crippen LogP contribution in [0, 0.1) is 5.92 Å². The zero-order valence-electron chi connectivity index (χ0n) is 14.1. The van der Waals surface area contributed by atoms with E-state index in [2.05, 4.69) is 16.7 Å².